The summed E-state index contributed by atoms with van der Waals surface area (Å²) in [7, 11) is 0. The lowest BCUT2D eigenvalue weighted by atomic mass is 9.85. The maximum absolute atomic E-state index is 12.0. The Morgan fingerprint density at radius 3 is 2.42 bits per heavy atom. The first-order chi connectivity index (χ1) is 12.5. The first kappa shape index (κ1) is 17.9. The maximum Gasteiger partial charge on any atom is 0.263 e. The fraction of sp³-hybridized carbons (Fsp3) is 0.350. The molecule has 136 valence electrons. The summed E-state index contributed by atoms with van der Waals surface area (Å²) in [6.07, 6.45) is 4.56. The molecule has 1 saturated carbocycles. The molecule has 0 atom stereocenters. The number of anilines is 2. The van der Waals surface area contributed by atoms with Crippen molar-refractivity contribution in [3.8, 4) is 5.75 Å². The molecule has 0 saturated heterocycles. The van der Waals surface area contributed by atoms with Gasteiger partial charge in [-0.1, -0.05) is 12.5 Å². The minimum atomic E-state index is -0.289. The van der Waals surface area contributed by atoms with Crippen molar-refractivity contribution in [3.63, 3.8) is 0 Å². The zero-order valence-electron chi connectivity index (χ0n) is 15.0. The molecule has 6 nitrogen and oxygen atoms in total. The van der Waals surface area contributed by atoms with Crippen molar-refractivity contribution in [1.29, 1.82) is 0 Å². The largest absolute Gasteiger partial charge is 0.484 e. The third kappa shape index (κ3) is 4.81. The summed E-state index contributed by atoms with van der Waals surface area (Å²) in [5, 5.41) is 5.52. The van der Waals surface area contributed by atoms with Gasteiger partial charge in [-0.15, -0.1) is 0 Å². The topological polar surface area (TPSA) is 80.3 Å². The fourth-order valence-corrected chi connectivity index (χ4v) is 2.80. The summed E-state index contributed by atoms with van der Waals surface area (Å²) < 4.78 is 5.53. The predicted octanol–water partition coefficient (Wildman–Crippen LogP) is 3.45. The second-order valence-electron chi connectivity index (χ2n) is 6.71. The third-order valence-electron chi connectivity index (χ3n) is 4.34. The highest BCUT2D eigenvalue weighted by Gasteiger charge is 2.25. The number of aromatic nitrogens is 1. The van der Waals surface area contributed by atoms with Crippen molar-refractivity contribution < 1.29 is 14.3 Å². The normalized spacial score (nSPS) is 13.6. The number of amides is 2. The Morgan fingerprint density at radius 2 is 1.85 bits per heavy atom. The number of aryl methyl sites for hydroxylation is 2. The Labute approximate surface area is 153 Å². The molecule has 0 bridgehead atoms. The molecule has 0 spiro atoms. The lowest BCUT2D eigenvalue weighted by Gasteiger charge is -2.23. The van der Waals surface area contributed by atoms with Crippen LogP contribution in [-0.4, -0.2) is 23.4 Å². The van der Waals surface area contributed by atoms with Crippen molar-refractivity contribution in [3.05, 3.63) is 47.7 Å². The molecule has 2 amide bonds. The van der Waals surface area contributed by atoms with E-state index in [0.717, 1.165) is 30.4 Å². The summed E-state index contributed by atoms with van der Waals surface area (Å²) in [6.45, 7) is 3.87. The van der Waals surface area contributed by atoms with Crippen LogP contribution in [0.2, 0.25) is 0 Å². The molecule has 1 aliphatic carbocycles. The quantitative estimate of drug-likeness (QED) is 0.833. The van der Waals surface area contributed by atoms with Gasteiger partial charge < -0.3 is 15.4 Å². The standard InChI is InChI=1S/C20H23N3O3/c1-13-8-14(2)10-17(9-13)26-12-19(24)23-18-7-6-16(11-21-18)22-20(25)15-4-3-5-15/h6-11,15H,3-5,12H2,1-2H3,(H,22,25)(H,21,23,24). The van der Waals surface area contributed by atoms with E-state index in [9.17, 15) is 9.59 Å². The summed E-state index contributed by atoms with van der Waals surface area (Å²) in [4.78, 5) is 28.1. The first-order valence-electron chi connectivity index (χ1n) is 8.77. The number of hydrogen-bond donors (Lipinski definition) is 2. The van der Waals surface area contributed by atoms with Crippen LogP contribution in [0, 0.1) is 19.8 Å². The number of carbonyl (C=O) groups excluding carboxylic acids is 2. The number of carbonyl (C=O) groups is 2. The molecular weight excluding hydrogens is 330 g/mol. The van der Waals surface area contributed by atoms with E-state index in [0.29, 0.717) is 17.3 Å². The second kappa shape index (κ2) is 7.99. The van der Waals surface area contributed by atoms with Crippen molar-refractivity contribution >= 4 is 23.3 Å². The molecule has 0 radical (unpaired) electrons. The molecule has 1 aromatic heterocycles. The van der Waals surface area contributed by atoms with Crippen molar-refractivity contribution in [1.82, 2.24) is 4.98 Å². The monoisotopic (exact) mass is 353 g/mol. The highest BCUT2D eigenvalue weighted by Crippen LogP contribution is 2.27. The van der Waals surface area contributed by atoms with Crippen LogP contribution in [-0.2, 0) is 9.59 Å². The van der Waals surface area contributed by atoms with E-state index in [1.54, 1.807) is 12.1 Å². The molecular formula is C20H23N3O3. The van der Waals surface area contributed by atoms with Crippen molar-refractivity contribution in [2.45, 2.75) is 33.1 Å². The van der Waals surface area contributed by atoms with Crippen LogP contribution >= 0.6 is 0 Å². The third-order valence-corrected chi connectivity index (χ3v) is 4.34. The van der Waals surface area contributed by atoms with Crippen LogP contribution in [0.5, 0.6) is 5.75 Å². The molecule has 1 aromatic carbocycles. The van der Waals surface area contributed by atoms with Crippen LogP contribution < -0.4 is 15.4 Å². The van der Waals surface area contributed by atoms with Gasteiger partial charge in [0.2, 0.25) is 5.91 Å². The van der Waals surface area contributed by atoms with E-state index >= 15 is 0 Å². The molecule has 1 aliphatic rings. The zero-order valence-corrected chi connectivity index (χ0v) is 15.0. The van der Waals surface area contributed by atoms with E-state index in [-0.39, 0.29) is 24.3 Å². The van der Waals surface area contributed by atoms with E-state index in [1.165, 1.54) is 6.20 Å². The van der Waals surface area contributed by atoms with E-state index in [4.69, 9.17) is 4.74 Å². The second-order valence-corrected chi connectivity index (χ2v) is 6.71. The van der Waals surface area contributed by atoms with Gasteiger partial charge in [-0.2, -0.15) is 0 Å². The number of nitrogens with one attached hydrogen (secondary N) is 2. The highest BCUT2D eigenvalue weighted by atomic mass is 16.5. The number of pyridine rings is 1. The van der Waals surface area contributed by atoms with Gasteiger partial charge in [0.05, 0.1) is 11.9 Å². The minimum Gasteiger partial charge on any atom is -0.484 e. The molecule has 2 N–H and O–H groups in total. The van der Waals surface area contributed by atoms with Crippen LogP contribution in [0.25, 0.3) is 0 Å². The summed E-state index contributed by atoms with van der Waals surface area (Å²) in [5.74, 6) is 0.955. The van der Waals surface area contributed by atoms with Crippen molar-refractivity contribution in [2.24, 2.45) is 5.92 Å². The van der Waals surface area contributed by atoms with Gasteiger partial charge in [0.15, 0.2) is 6.61 Å². The number of benzene rings is 1. The average molecular weight is 353 g/mol. The Balaban J connectivity index is 1.48. The SMILES string of the molecule is Cc1cc(C)cc(OCC(=O)Nc2ccc(NC(=O)C3CCC3)cn2)c1. The predicted molar refractivity (Wildman–Crippen MR) is 100 cm³/mol. The molecule has 3 rings (SSSR count). The number of rotatable bonds is 6. The molecule has 1 fully saturated rings. The Bertz CT molecular complexity index is 778. The van der Waals surface area contributed by atoms with Crippen LogP contribution in [0.3, 0.4) is 0 Å². The Morgan fingerprint density at radius 1 is 1.12 bits per heavy atom. The maximum atomic E-state index is 12.0. The Kier molecular flexibility index (Phi) is 5.51. The number of ether oxygens (including phenoxy) is 1. The Hall–Kier alpha value is -2.89. The minimum absolute atomic E-state index is 0.0386. The van der Waals surface area contributed by atoms with Crippen molar-refractivity contribution in [2.75, 3.05) is 17.2 Å². The van der Waals surface area contributed by atoms with Gasteiger partial charge >= 0.3 is 0 Å². The average Bonchev–Trinajstić information content (AvgIpc) is 2.52. The van der Waals surface area contributed by atoms with E-state index < -0.39 is 0 Å². The fourth-order valence-electron chi connectivity index (χ4n) is 2.80. The molecule has 26 heavy (non-hydrogen) atoms. The number of nitrogens with zero attached hydrogens (tertiary/aromatic N) is 1. The molecule has 6 heteroatoms. The zero-order chi connectivity index (χ0) is 18.5. The van der Waals surface area contributed by atoms with Gasteiger partial charge in [0, 0.05) is 5.92 Å². The van der Waals surface area contributed by atoms with Crippen LogP contribution in [0.1, 0.15) is 30.4 Å². The molecule has 0 aliphatic heterocycles. The van der Waals surface area contributed by atoms with E-state index in [1.807, 2.05) is 32.0 Å². The molecule has 1 heterocycles. The summed E-state index contributed by atoms with van der Waals surface area (Å²) in [6, 6.07) is 9.20. The summed E-state index contributed by atoms with van der Waals surface area (Å²) >= 11 is 0. The summed E-state index contributed by atoms with van der Waals surface area (Å²) in [5.41, 5.74) is 2.80. The lowest BCUT2D eigenvalue weighted by Crippen LogP contribution is -2.28. The smallest absolute Gasteiger partial charge is 0.263 e. The van der Waals surface area contributed by atoms with Gasteiger partial charge in [0.1, 0.15) is 11.6 Å². The van der Waals surface area contributed by atoms with Gasteiger partial charge in [-0.05, 0) is 62.1 Å². The highest BCUT2D eigenvalue weighted by molar-refractivity contribution is 5.93. The van der Waals surface area contributed by atoms with Gasteiger partial charge in [-0.3, -0.25) is 9.59 Å². The van der Waals surface area contributed by atoms with Gasteiger partial charge in [0.25, 0.3) is 5.91 Å². The lowest BCUT2D eigenvalue weighted by molar-refractivity contribution is -0.122. The first-order valence-corrected chi connectivity index (χ1v) is 8.77. The molecule has 2 aromatic rings. The van der Waals surface area contributed by atoms with Gasteiger partial charge in [-0.25, -0.2) is 4.98 Å². The number of hydrogen-bond acceptors (Lipinski definition) is 4. The van der Waals surface area contributed by atoms with E-state index in [2.05, 4.69) is 15.6 Å². The van der Waals surface area contributed by atoms with Crippen LogP contribution in [0.15, 0.2) is 36.5 Å². The molecule has 0 unspecified atom stereocenters. The van der Waals surface area contributed by atoms with Crippen LogP contribution in [0.4, 0.5) is 11.5 Å².